The van der Waals surface area contributed by atoms with Crippen LogP contribution in [0.25, 0.3) is 0 Å². The lowest BCUT2D eigenvalue weighted by Crippen LogP contribution is -2.15. The highest BCUT2D eigenvalue weighted by atomic mass is 16.5. The number of hydrogen-bond donors (Lipinski definition) is 0. The van der Waals surface area contributed by atoms with Crippen LogP contribution in [-0.4, -0.2) is 26.0 Å². The van der Waals surface area contributed by atoms with E-state index in [2.05, 4.69) is 18.5 Å². The van der Waals surface area contributed by atoms with Crippen LogP contribution in [0.4, 0.5) is 0 Å². The zero-order chi connectivity index (χ0) is 9.84. The Kier molecular flexibility index (Phi) is 3.67. The molecule has 0 radical (unpaired) electrons. The van der Waals surface area contributed by atoms with Gasteiger partial charge in [-0.3, -0.25) is 4.99 Å². The molecule has 0 aliphatic heterocycles. The molecule has 0 aromatic carbocycles. The molecule has 0 spiro atoms. The molecule has 2 heteroatoms. The lowest BCUT2D eigenvalue weighted by molar-refractivity contribution is 0.0849. The van der Waals surface area contributed by atoms with Crippen LogP contribution < -0.4 is 0 Å². The number of ether oxygens (including phenoxy) is 1. The summed E-state index contributed by atoms with van der Waals surface area (Å²) in [7, 11) is 3.64. The minimum Gasteiger partial charge on any atom is -0.381 e. The van der Waals surface area contributed by atoms with E-state index in [0.717, 1.165) is 6.42 Å². The lowest BCUT2D eigenvalue weighted by atomic mass is 10.1. The first kappa shape index (κ1) is 10.5. The highest BCUT2D eigenvalue weighted by molar-refractivity contribution is 5.86. The van der Waals surface area contributed by atoms with E-state index in [1.807, 2.05) is 13.1 Å². The van der Waals surface area contributed by atoms with E-state index in [-0.39, 0.29) is 0 Å². The highest BCUT2D eigenvalue weighted by Crippen LogP contribution is 2.44. The molecule has 0 aromatic rings. The summed E-state index contributed by atoms with van der Waals surface area (Å²) >= 11 is 0. The molecule has 1 saturated carbocycles. The molecule has 74 valence electrons. The van der Waals surface area contributed by atoms with Crippen molar-refractivity contribution in [3.05, 3.63) is 12.7 Å². The molecule has 1 aliphatic rings. The summed E-state index contributed by atoms with van der Waals surface area (Å²) in [5.41, 5.74) is 1.26. The van der Waals surface area contributed by atoms with Crippen molar-refractivity contribution >= 4 is 5.71 Å². The molecule has 1 rings (SSSR count). The number of hydrogen-bond acceptors (Lipinski definition) is 2. The maximum atomic E-state index is 5.41. The Morgan fingerprint density at radius 2 is 2.46 bits per heavy atom. The summed E-state index contributed by atoms with van der Waals surface area (Å²) in [4.78, 5) is 4.21. The molecule has 0 bridgehead atoms. The average molecular weight is 181 g/mol. The van der Waals surface area contributed by atoms with Crippen molar-refractivity contribution in [2.24, 2.45) is 16.8 Å². The minimum atomic E-state index is 0.346. The third-order valence-corrected chi connectivity index (χ3v) is 2.91. The lowest BCUT2D eigenvalue weighted by Gasteiger charge is -2.12. The Hall–Kier alpha value is -0.630. The third-order valence-electron chi connectivity index (χ3n) is 2.91. The molecule has 3 unspecified atom stereocenters. The van der Waals surface area contributed by atoms with E-state index in [0.29, 0.717) is 17.9 Å². The van der Waals surface area contributed by atoms with Gasteiger partial charge in [0.05, 0.1) is 6.10 Å². The molecule has 0 aromatic heterocycles. The smallest absolute Gasteiger partial charge is 0.0640 e. The van der Waals surface area contributed by atoms with E-state index < -0.39 is 0 Å². The van der Waals surface area contributed by atoms with Crippen molar-refractivity contribution in [1.29, 1.82) is 0 Å². The summed E-state index contributed by atoms with van der Waals surface area (Å²) in [6.07, 6.45) is 4.46. The van der Waals surface area contributed by atoms with Gasteiger partial charge in [-0.1, -0.05) is 6.08 Å². The maximum absolute atomic E-state index is 5.41. The first-order valence-corrected chi connectivity index (χ1v) is 4.81. The standard InChI is InChI=1S/C11H19NO/c1-5-6-11(13-4)10-7-9(10)8(2)12-3/h5,9-11H,1,6-7H2,2-4H3. The SMILES string of the molecule is C=CCC(OC)C1CC1C(C)=NC. The van der Waals surface area contributed by atoms with Gasteiger partial charge in [0.1, 0.15) is 0 Å². The Labute approximate surface area is 80.7 Å². The molecule has 13 heavy (non-hydrogen) atoms. The third kappa shape index (κ3) is 2.41. The van der Waals surface area contributed by atoms with Gasteiger partial charge in [-0.2, -0.15) is 0 Å². The van der Waals surface area contributed by atoms with Crippen LogP contribution in [0.5, 0.6) is 0 Å². The molecule has 1 fully saturated rings. The van der Waals surface area contributed by atoms with Crippen LogP contribution in [0.1, 0.15) is 19.8 Å². The Balaban J connectivity index is 2.43. The summed E-state index contributed by atoms with van der Waals surface area (Å²) in [5.74, 6) is 1.33. The summed E-state index contributed by atoms with van der Waals surface area (Å²) < 4.78 is 5.41. The van der Waals surface area contributed by atoms with Crippen molar-refractivity contribution in [2.75, 3.05) is 14.2 Å². The maximum Gasteiger partial charge on any atom is 0.0640 e. The molecule has 0 N–H and O–H groups in total. The second-order valence-corrected chi connectivity index (χ2v) is 3.67. The fourth-order valence-corrected chi connectivity index (χ4v) is 1.88. The molecule has 1 aliphatic carbocycles. The summed E-state index contributed by atoms with van der Waals surface area (Å²) in [5, 5.41) is 0. The van der Waals surface area contributed by atoms with Gasteiger partial charge in [0, 0.05) is 25.8 Å². The van der Waals surface area contributed by atoms with Crippen molar-refractivity contribution in [2.45, 2.75) is 25.9 Å². The van der Waals surface area contributed by atoms with E-state index in [1.54, 1.807) is 7.11 Å². The molecule has 3 atom stereocenters. The number of aliphatic imine (C=N–C) groups is 1. The van der Waals surface area contributed by atoms with Crippen LogP contribution in [0, 0.1) is 11.8 Å². The number of rotatable bonds is 5. The second kappa shape index (κ2) is 4.56. The van der Waals surface area contributed by atoms with E-state index in [4.69, 9.17) is 4.74 Å². The topological polar surface area (TPSA) is 21.6 Å². The van der Waals surface area contributed by atoms with Gasteiger partial charge in [0.15, 0.2) is 0 Å². The van der Waals surface area contributed by atoms with Gasteiger partial charge in [-0.15, -0.1) is 6.58 Å². The van der Waals surface area contributed by atoms with Gasteiger partial charge in [-0.25, -0.2) is 0 Å². The van der Waals surface area contributed by atoms with Crippen molar-refractivity contribution in [3.8, 4) is 0 Å². The fourth-order valence-electron chi connectivity index (χ4n) is 1.88. The van der Waals surface area contributed by atoms with Gasteiger partial charge < -0.3 is 4.74 Å². The predicted octanol–water partition coefficient (Wildman–Crippen LogP) is 2.30. The van der Waals surface area contributed by atoms with Crippen LogP contribution in [-0.2, 0) is 4.74 Å². The Bertz CT molecular complexity index is 210. The molecular weight excluding hydrogens is 162 g/mol. The van der Waals surface area contributed by atoms with E-state index >= 15 is 0 Å². The first-order chi connectivity index (χ1) is 6.24. The number of nitrogens with zero attached hydrogens (tertiary/aromatic N) is 1. The van der Waals surface area contributed by atoms with Gasteiger partial charge in [0.2, 0.25) is 0 Å². The summed E-state index contributed by atoms with van der Waals surface area (Å²) in [6.45, 7) is 5.84. The molecular formula is C11H19NO. The van der Waals surface area contributed by atoms with E-state index in [1.165, 1.54) is 12.1 Å². The van der Waals surface area contributed by atoms with Crippen LogP contribution in [0.15, 0.2) is 17.6 Å². The largest absolute Gasteiger partial charge is 0.381 e. The van der Waals surface area contributed by atoms with Gasteiger partial charge >= 0.3 is 0 Å². The highest BCUT2D eigenvalue weighted by Gasteiger charge is 2.44. The zero-order valence-corrected chi connectivity index (χ0v) is 8.79. The normalized spacial score (nSPS) is 29.9. The fraction of sp³-hybridized carbons (Fsp3) is 0.727. The van der Waals surface area contributed by atoms with Crippen LogP contribution in [0.2, 0.25) is 0 Å². The average Bonchev–Trinajstić information content (AvgIpc) is 2.92. The first-order valence-electron chi connectivity index (χ1n) is 4.81. The molecule has 0 amide bonds. The molecule has 0 saturated heterocycles. The minimum absolute atomic E-state index is 0.346. The molecule has 0 heterocycles. The quantitative estimate of drug-likeness (QED) is 0.471. The van der Waals surface area contributed by atoms with Crippen LogP contribution >= 0.6 is 0 Å². The summed E-state index contributed by atoms with van der Waals surface area (Å²) in [6, 6.07) is 0. The Morgan fingerprint density at radius 3 is 2.92 bits per heavy atom. The second-order valence-electron chi connectivity index (χ2n) is 3.67. The van der Waals surface area contributed by atoms with Crippen molar-refractivity contribution in [1.82, 2.24) is 0 Å². The number of methoxy groups -OCH3 is 1. The zero-order valence-electron chi connectivity index (χ0n) is 8.79. The van der Waals surface area contributed by atoms with Crippen LogP contribution in [0.3, 0.4) is 0 Å². The van der Waals surface area contributed by atoms with Gasteiger partial charge in [0.25, 0.3) is 0 Å². The predicted molar refractivity (Wildman–Crippen MR) is 56.2 cm³/mol. The monoisotopic (exact) mass is 181 g/mol. The van der Waals surface area contributed by atoms with Crippen molar-refractivity contribution in [3.63, 3.8) is 0 Å². The molecule has 2 nitrogen and oxygen atoms in total. The van der Waals surface area contributed by atoms with Crippen molar-refractivity contribution < 1.29 is 4.74 Å². The Morgan fingerprint density at radius 1 is 1.77 bits per heavy atom. The van der Waals surface area contributed by atoms with Gasteiger partial charge in [-0.05, 0) is 25.7 Å². The van der Waals surface area contributed by atoms with E-state index in [9.17, 15) is 0 Å².